The molecule has 0 bridgehead atoms. The maximum atomic E-state index is 12.6. The first-order valence-electron chi connectivity index (χ1n) is 8.15. The number of hydrogen-bond acceptors (Lipinski definition) is 6. The molecule has 24 heavy (non-hydrogen) atoms. The van der Waals surface area contributed by atoms with Crippen molar-refractivity contribution in [1.82, 2.24) is 4.90 Å². The third-order valence-electron chi connectivity index (χ3n) is 4.86. The van der Waals surface area contributed by atoms with Gasteiger partial charge in [0, 0.05) is 25.1 Å². The maximum absolute atomic E-state index is 12.6. The zero-order valence-electron chi connectivity index (χ0n) is 14.5. The van der Waals surface area contributed by atoms with Gasteiger partial charge in [0.1, 0.15) is 0 Å². The molecular formula is C17H25NO6. The molecule has 0 aromatic carbocycles. The molecule has 7 nitrogen and oxygen atoms in total. The Morgan fingerprint density at radius 3 is 2.58 bits per heavy atom. The van der Waals surface area contributed by atoms with Gasteiger partial charge in [-0.15, -0.1) is 0 Å². The molecular weight excluding hydrogens is 314 g/mol. The van der Waals surface area contributed by atoms with E-state index in [1.807, 2.05) is 0 Å². The Morgan fingerprint density at radius 2 is 2.00 bits per heavy atom. The van der Waals surface area contributed by atoms with Gasteiger partial charge in [0.15, 0.2) is 11.2 Å². The molecule has 0 aromatic rings. The fourth-order valence-electron chi connectivity index (χ4n) is 3.15. The number of ketones is 1. The average molecular weight is 339 g/mol. The van der Waals surface area contributed by atoms with E-state index in [0.717, 1.165) is 0 Å². The molecule has 0 radical (unpaired) electrons. The zero-order valence-corrected chi connectivity index (χ0v) is 14.5. The predicted molar refractivity (Wildman–Crippen MR) is 85.2 cm³/mol. The monoisotopic (exact) mass is 339 g/mol. The number of morpholine rings is 1. The van der Waals surface area contributed by atoms with Gasteiger partial charge in [-0.05, 0) is 20.3 Å². The van der Waals surface area contributed by atoms with Gasteiger partial charge >= 0.3 is 5.97 Å². The highest BCUT2D eigenvalue weighted by Crippen LogP contribution is 2.39. The molecule has 2 saturated heterocycles. The quantitative estimate of drug-likeness (QED) is 0.426. The van der Waals surface area contributed by atoms with E-state index >= 15 is 0 Å². The van der Waals surface area contributed by atoms with Gasteiger partial charge in [0.25, 0.3) is 0 Å². The van der Waals surface area contributed by atoms with Crippen LogP contribution in [0, 0.1) is 5.41 Å². The van der Waals surface area contributed by atoms with Gasteiger partial charge in [-0.25, -0.2) is 0 Å². The summed E-state index contributed by atoms with van der Waals surface area (Å²) in [5.41, 5.74) is -1.22. The van der Waals surface area contributed by atoms with Gasteiger partial charge in [0.05, 0.1) is 32.5 Å². The average Bonchev–Trinajstić information content (AvgIpc) is 2.61. The van der Waals surface area contributed by atoms with Crippen molar-refractivity contribution < 1.29 is 28.6 Å². The van der Waals surface area contributed by atoms with Crippen LogP contribution in [0.4, 0.5) is 0 Å². The summed E-state index contributed by atoms with van der Waals surface area (Å²) in [6.45, 7) is 9.12. The fourth-order valence-corrected chi connectivity index (χ4v) is 3.15. The van der Waals surface area contributed by atoms with Crippen LogP contribution in [0.15, 0.2) is 12.2 Å². The molecule has 0 N–H and O–H groups in total. The number of nitrogens with zero attached hydrogens (tertiary/aromatic N) is 1. The van der Waals surface area contributed by atoms with E-state index in [-0.39, 0.29) is 30.1 Å². The van der Waals surface area contributed by atoms with E-state index in [2.05, 4.69) is 6.58 Å². The smallest absolute Gasteiger partial charge is 0.322 e. The van der Waals surface area contributed by atoms with Gasteiger partial charge in [-0.1, -0.05) is 6.58 Å². The minimum Gasteiger partial charge on any atom is -0.468 e. The number of ether oxygens (including phenoxy) is 3. The summed E-state index contributed by atoms with van der Waals surface area (Å²) in [6.07, 6.45) is -0.740. The molecule has 1 amide bonds. The molecule has 0 unspecified atom stereocenters. The van der Waals surface area contributed by atoms with Crippen LogP contribution in [0.1, 0.15) is 26.7 Å². The molecule has 2 aliphatic rings. The van der Waals surface area contributed by atoms with Crippen molar-refractivity contribution in [2.45, 2.75) is 38.9 Å². The highest BCUT2D eigenvalue weighted by molar-refractivity contribution is 6.13. The highest BCUT2D eigenvalue weighted by Gasteiger charge is 2.54. The molecule has 2 heterocycles. The van der Waals surface area contributed by atoms with Crippen molar-refractivity contribution in [3.63, 3.8) is 0 Å². The molecule has 7 heteroatoms. The summed E-state index contributed by atoms with van der Waals surface area (Å²) in [5, 5.41) is 0. The summed E-state index contributed by atoms with van der Waals surface area (Å²) in [4.78, 5) is 38.9. The van der Waals surface area contributed by atoms with Crippen LogP contribution in [0.2, 0.25) is 0 Å². The zero-order chi connectivity index (χ0) is 17.9. The first-order valence-corrected chi connectivity index (χ1v) is 8.15. The number of carbonyl (C=O) groups excluding carboxylic acids is 3. The van der Waals surface area contributed by atoms with Gasteiger partial charge < -0.3 is 19.1 Å². The van der Waals surface area contributed by atoms with E-state index in [4.69, 9.17) is 14.2 Å². The van der Waals surface area contributed by atoms with Crippen molar-refractivity contribution in [2.75, 3.05) is 33.4 Å². The van der Waals surface area contributed by atoms with E-state index in [1.165, 1.54) is 14.0 Å². The summed E-state index contributed by atoms with van der Waals surface area (Å²) < 4.78 is 15.9. The lowest BCUT2D eigenvalue weighted by atomic mass is 9.72. The number of amides is 1. The number of esters is 1. The molecule has 2 aliphatic heterocycles. The second-order valence-corrected chi connectivity index (χ2v) is 6.35. The van der Waals surface area contributed by atoms with Crippen molar-refractivity contribution in [3.05, 3.63) is 12.2 Å². The summed E-state index contributed by atoms with van der Waals surface area (Å²) >= 11 is 0. The summed E-state index contributed by atoms with van der Waals surface area (Å²) in [6, 6.07) is 0. The van der Waals surface area contributed by atoms with Crippen molar-refractivity contribution in [3.8, 4) is 0 Å². The van der Waals surface area contributed by atoms with Gasteiger partial charge in [0.2, 0.25) is 5.91 Å². The third-order valence-corrected chi connectivity index (χ3v) is 4.86. The predicted octanol–water partition coefficient (Wildman–Crippen LogP) is 0.717. The lowest BCUT2D eigenvalue weighted by Gasteiger charge is -2.41. The summed E-state index contributed by atoms with van der Waals surface area (Å²) in [5.74, 6) is -1.07. The number of hydrogen-bond donors (Lipinski definition) is 0. The minimum absolute atomic E-state index is 0.0291. The maximum Gasteiger partial charge on any atom is 0.322 e. The molecule has 0 aliphatic carbocycles. The van der Waals surface area contributed by atoms with Crippen LogP contribution in [0.25, 0.3) is 0 Å². The molecule has 0 spiro atoms. The molecule has 0 saturated carbocycles. The summed E-state index contributed by atoms with van der Waals surface area (Å²) in [7, 11) is 1.23. The Balaban J connectivity index is 2.10. The van der Waals surface area contributed by atoms with E-state index in [0.29, 0.717) is 26.3 Å². The molecule has 2 rings (SSSR count). The molecule has 2 fully saturated rings. The van der Waals surface area contributed by atoms with Crippen molar-refractivity contribution in [2.24, 2.45) is 5.41 Å². The first kappa shape index (κ1) is 18.6. The van der Waals surface area contributed by atoms with Crippen LogP contribution in [0.5, 0.6) is 0 Å². The number of carbonyl (C=O) groups is 3. The Hall–Kier alpha value is -1.73. The number of methoxy groups -OCH3 is 1. The number of rotatable bonds is 4. The Bertz CT molecular complexity index is 539. The highest BCUT2D eigenvalue weighted by atomic mass is 16.5. The van der Waals surface area contributed by atoms with E-state index in [1.54, 1.807) is 11.8 Å². The largest absolute Gasteiger partial charge is 0.468 e. The van der Waals surface area contributed by atoms with Gasteiger partial charge in [-0.3, -0.25) is 14.4 Å². The molecule has 0 aromatic heterocycles. The third kappa shape index (κ3) is 3.37. The lowest BCUT2D eigenvalue weighted by Crippen LogP contribution is -2.55. The van der Waals surface area contributed by atoms with Crippen molar-refractivity contribution in [1.29, 1.82) is 0 Å². The second-order valence-electron chi connectivity index (χ2n) is 6.35. The second kappa shape index (κ2) is 7.44. The number of Topliss-reactive ketones (excluding diaryl/α,β-unsaturated/α-hetero) is 1. The first-order chi connectivity index (χ1) is 11.3. The molecule has 3 atom stereocenters. The molecule has 134 valence electrons. The topological polar surface area (TPSA) is 82.1 Å². The minimum atomic E-state index is -1.47. The fraction of sp³-hybridized carbons (Fsp3) is 0.706. The van der Waals surface area contributed by atoms with Gasteiger partial charge in [-0.2, -0.15) is 0 Å². The van der Waals surface area contributed by atoms with Crippen molar-refractivity contribution >= 4 is 17.7 Å². The Morgan fingerprint density at radius 1 is 1.38 bits per heavy atom. The van der Waals surface area contributed by atoms with Crippen LogP contribution >= 0.6 is 0 Å². The normalized spacial score (nSPS) is 31.0. The van der Waals surface area contributed by atoms with Crippen LogP contribution in [0.3, 0.4) is 0 Å². The Labute approximate surface area is 141 Å². The standard InChI is InChI=1S/C17H25NO6/c1-11-12(2)24-13(17(3,15(11)20)16(21)22-4)5-6-14(19)18-7-9-23-10-8-18/h12-13H,1,5-10H2,2-4H3/t12-,13+,17-/m1/s1. The van der Waals surface area contributed by atoms with E-state index in [9.17, 15) is 14.4 Å². The van der Waals surface area contributed by atoms with E-state index < -0.39 is 23.6 Å². The van der Waals surface area contributed by atoms with Crippen LogP contribution in [-0.2, 0) is 28.6 Å². The SMILES string of the molecule is C=C1C(=O)[C@](C)(C(=O)OC)[C@H](CCC(=O)N2CCOCC2)O[C@@H]1C. The lowest BCUT2D eigenvalue weighted by molar-refractivity contribution is -0.176. The van der Waals surface area contributed by atoms with Crippen LogP contribution < -0.4 is 0 Å². The Kier molecular flexibility index (Phi) is 5.77. The van der Waals surface area contributed by atoms with Crippen LogP contribution in [-0.4, -0.2) is 68.2 Å².